The van der Waals surface area contributed by atoms with Gasteiger partial charge in [-0.2, -0.15) is 0 Å². The van der Waals surface area contributed by atoms with Gasteiger partial charge in [0.05, 0.1) is 22.8 Å². The summed E-state index contributed by atoms with van der Waals surface area (Å²) in [4.78, 5) is 15.8. The fourth-order valence-corrected chi connectivity index (χ4v) is 2.16. The van der Waals surface area contributed by atoms with E-state index in [9.17, 15) is 4.79 Å². The molecule has 0 bridgehead atoms. The molecule has 0 radical (unpaired) electrons. The van der Waals surface area contributed by atoms with Gasteiger partial charge in [0.2, 0.25) is 0 Å². The number of carbonyl (C=O) groups is 1. The molecule has 18 heavy (non-hydrogen) atoms. The highest BCUT2D eigenvalue weighted by molar-refractivity contribution is 6.38. The normalized spacial score (nSPS) is 10.6. The van der Waals surface area contributed by atoms with Crippen LogP contribution in [0.1, 0.15) is 17.3 Å². The number of pyridine rings is 1. The number of carbonyl (C=O) groups excluding carboxylic acids is 1. The third-order valence-electron chi connectivity index (χ3n) is 2.43. The fourth-order valence-electron chi connectivity index (χ4n) is 1.62. The summed E-state index contributed by atoms with van der Waals surface area (Å²) in [6, 6.07) is 3.19. The quantitative estimate of drug-likeness (QED) is 0.860. The Morgan fingerprint density at radius 2 is 2.17 bits per heavy atom. The lowest BCUT2D eigenvalue weighted by molar-refractivity contribution is 0.0527. The molecular weight excluding hydrogens is 275 g/mol. The number of hydrogen-bond donors (Lipinski definition) is 1. The predicted molar refractivity (Wildman–Crippen MR) is 72.1 cm³/mol. The van der Waals surface area contributed by atoms with Gasteiger partial charge in [0.15, 0.2) is 0 Å². The van der Waals surface area contributed by atoms with E-state index >= 15 is 0 Å². The summed E-state index contributed by atoms with van der Waals surface area (Å²) in [6.07, 6.45) is 1.36. The minimum absolute atomic E-state index is 0.211. The van der Waals surface area contributed by atoms with Crippen LogP contribution in [0.5, 0.6) is 0 Å². The molecule has 0 atom stereocenters. The summed E-state index contributed by atoms with van der Waals surface area (Å²) in [7, 11) is 0. The molecule has 2 rings (SSSR count). The Morgan fingerprint density at radius 1 is 1.44 bits per heavy atom. The molecule has 1 aromatic carbocycles. The molecule has 0 unspecified atom stereocenters. The predicted octanol–water partition coefficient (Wildman–Crippen LogP) is 3.30. The largest absolute Gasteiger partial charge is 0.462 e. The van der Waals surface area contributed by atoms with Crippen molar-refractivity contribution >= 4 is 45.8 Å². The number of benzene rings is 1. The number of ether oxygens (including phenoxy) is 1. The van der Waals surface area contributed by atoms with E-state index in [1.165, 1.54) is 6.20 Å². The Balaban J connectivity index is 2.67. The van der Waals surface area contributed by atoms with E-state index in [4.69, 9.17) is 33.7 Å². The highest BCUT2D eigenvalue weighted by Gasteiger charge is 2.15. The van der Waals surface area contributed by atoms with E-state index in [0.717, 1.165) is 0 Å². The monoisotopic (exact) mass is 284 g/mol. The molecule has 94 valence electrons. The summed E-state index contributed by atoms with van der Waals surface area (Å²) in [5, 5.41) is 1.36. The first-order valence-corrected chi connectivity index (χ1v) is 6.00. The van der Waals surface area contributed by atoms with Crippen LogP contribution < -0.4 is 5.73 Å². The second kappa shape index (κ2) is 5.00. The lowest BCUT2D eigenvalue weighted by Gasteiger charge is -2.09. The standard InChI is InChI=1S/C12H10Cl2N2O2/c1-2-18-12(17)8-5-16-11-7(10(8)15)3-6(13)4-9(11)14/h3-5H,2H2,1H3,(H2,15,16). The molecule has 6 heteroatoms. The zero-order valence-corrected chi connectivity index (χ0v) is 11.0. The van der Waals surface area contributed by atoms with E-state index in [-0.39, 0.29) is 17.9 Å². The summed E-state index contributed by atoms with van der Waals surface area (Å²) in [6.45, 7) is 1.99. The molecule has 4 nitrogen and oxygen atoms in total. The summed E-state index contributed by atoms with van der Waals surface area (Å²) < 4.78 is 4.89. The number of hydrogen-bond acceptors (Lipinski definition) is 4. The Kier molecular flexibility index (Phi) is 3.59. The van der Waals surface area contributed by atoms with Crippen molar-refractivity contribution in [2.24, 2.45) is 0 Å². The summed E-state index contributed by atoms with van der Waals surface area (Å²) in [5.74, 6) is -0.513. The van der Waals surface area contributed by atoms with Gasteiger partial charge in [-0.1, -0.05) is 23.2 Å². The lowest BCUT2D eigenvalue weighted by Crippen LogP contribution is -2.09. The van der Waals surface area contributed by atoms with Gasteiger partial charge in [0.25, 0.3) is 0 Å². The third-order valence-corrected chi connectivity index (χ3v) is 2.93. The maximum atomic E-state index is 11.7. The van der Waals surface area contributed by atoms with Crippen LogP contribution >= 0.6 is 23.2 Å². The van der Waals surface area contributed by atoms with Crippen LogP contribution in [-0.4, -0.2) is 17.6 Å². The van der Waals surface area contributed by atoms with Crippen LogP contribution in [0.3, 0.4) is 0 Å². The fraction of sp³-hybridized carbons (Fsp3) is 0.167. The summed E-state index contributed by atoms with van der Waals surface area (Å²) in [5.41, 5.74) is 6.91. The molecule has 0 fully saturated rings. The molecule has 0 saturated heterocycles. The maximum absolute atomic E-state index is 11.7. The van der Waals surface area contributed by atoms with E-state index < -0.39 is 5.97 Å². The van der Waals surface area contributed by atoms with Gasteiger partial charge >= 0.3 is 5.97 Å². The maximum Gasteiger partial charge on any atom is 0.341 e. The number of halogens is 2. The van der Waals surface area contributed by atoms with Crippen LogP contribution in [0.2, 0.25) is 10.0 Å². The van der Waals surface area contributed by atoms with Crippen molar-refractivity contribution in [3.05, 3.63) is 33.9 Å². The number of esters is 1. The first-order chi connectivity index (χ1) is 8.54. The average molecular weight is 285 g/mol. The number of nitrogens with zero attached hydrogens (tertiary/aromatic N) is 1. The number of nitrogens with two attached hydrogens (primary N) is 1. The van der Waals surface area contributed by atoms with Gasteiger partial charge in [0.1, 0.15) is 5.56 Å². The molecule has 1 aromatic heterocycles. The van der Waals surface area contributed by atoms with Crippen molar-refractivity contribution in [3.8, 4) is 0 Å². The van der Waals surface area contributed by atoms with Crippen LogP contribution in [0.4, 0.5) is 5.69 Å². The van der Waals surface area contributed by atoms with Crippen LogP contribution in [0, 0.1) is 0 Å². The molecule has 0 saturated carbocycles. The topological polar surface area (TPSA) is 65.2 Å². The molecule has 2 aromatic rings. The van der Waals surface area contributed by atoms with Crippen molar-refractivity contribution < 1.29 is 9.53 Å². The lowest BCUT2D eigenvalue weighted by atomic mass is 10.1. The minimum Gasteiger partial charge on any atom is -0.462 e. The second-order valence-electron chi connectivity index (χ2n) is 3.59. The van der Waals surface area contributed by atoms with Gasteiger partial charge in [0, 0.05) is 16.6 Å². The van der Waals surface area contributed by atoms with Gasteiger partial charge in [-0.25, -0.2) is 4.79 Å². The number of aromatic nitrogens is 1. The van der Waals surface area contributed by atoms with Crippen molar-refractivity contribution in [1.29, 1.82) is 0 Å². The third kappa shape index (κ3) is 2.21. The molecule has 0 aliphatic heterocycles. The highest BCUT2D eigenvalue weighted by Crippen LogP contribution is 2.31. The van der Waals surface area contributed by atoms with Crippen molar-refractivity contribution in [2.75, 3.05) is 12.3 Å². The van der Waals surface area contributed by atoms with Crippen LogP contribution in [-0.2, 0) is 4.74 Å². The van der Waals surface area contributed by atoms with Gasteiger partial charge in [-0.15, -0.1) is 0 Å². The molecule has 1 heterocycles. The number of anilines is 1. The van der Waals surface area contributed by atoms with Crippen molar-refractivity contribution in [1.82, 2.24) is 4.98 Å². The molecule has 0 aliphatic rings. The minimum atomic E-state index is -0.513. The van der Waals surface area contributed by atoms with Crippen molar-refractivity contribution in [3.63, 3.8) is 0 Å². The first-order valence-electron chi connectivity index (χ1n) is 5.25. The molecule has 0 amide bonds. The summed E-state index contributed by atoms with van der Waals surface area (Å²) >= 11 is 11.9. The van der Waals surface area contributed by atoms with E-state index in [1.54, 1.807) is 19.1 Å². The number of nitrogen functional groups attached to an aromatic ring is 1. The Morgan fingerprint density at radius 3 is 2.83 bits per heavy atom. The zero-order valence-electron chi connectivity index (χ0n) is 9.54. The SMILES string of the molecule is CCOC(=O)c1cnc2c(Cl)cc(Cl)cc2c1N. The zero-order chi connectivity index (χ0) is 13.3. The second-order valence-corrected chi connectivity index (χ2v) is 4.43. The first kappa shape index (κ1) is 12.9. The van der Waals surface area contributed by atoms with Gasteiger partial charge < -0.3 is 10.5 Å². The average Bonchev–Trinajstić information content (AvgIpc) is 2.30. The van der Waals surface area contributed by atoms with Crippen LogP contribution in [0.25, 0.3) is 10.9 Å². The number of rotatable bonds is 2. The van der Waals surface area contributed by atoms with E-state index in [0.29, 0.717) is 20.9 Å². The van der Waals surface area contributed by atoms with Gasteiger partial charge in [-0.3, -0.25) is 4.98 Å². The van der Waals surface area contributed by atoms with E-state index in [1.807, 2.05) is 0 Å². The Hall–Kier alpha value is -1.52. The van der Waals surface area contributed by atoms with Crippen LogP contribution in [0.15, 0.2) is 18.3 Å². The molecule has 0 spiro atoms. The van der Waals surface area contributed by atoms with Crippen molar-refractivity contribution in [2.45, 2.75) is 6.92 Å². The molecular formula is C12H10Cl2N2O2. The Labute approximate surface area is 114 Å². The molecule has 0 aliphatic carbocycles. The van der Waals surface area contributed by atoms with Gasteiger partial charge in [-0.05, 0) is 19.1 Å². The van der Waals surface area contributed by atoms with E-state index in [2.05, 4.69) is 4.98 Å². The Bertz CT molecular complexity index is 629. The highest BCUT2D eigenvalue weighted by atomic mass is 35.5. The number of fused-ring (bicyclic) bond motifs is 1. The smallest absolute Gasteiger partial charge is 0.341 e. The molecule has 2 N–H and O–H groups in total.